The lowest BCUT2D eigenvalue weighted by atomic mass is 9.89. The molecule has 1 aliphatic heterocycles. The first kappa shape index (κ1) is 20.6. The Kier molecular flexibility index (Phi) is 6.16. The van der Waals surface area contributed by atoms with E-state index in [0.717, 1.165) is 48.7 Å². The van der Waals surface area contributed by atoms with E-state index in [1.807, 2.05) is 13.0 Å². The molecule has 7 heteroatoms. The Morgan fingerprint density at radius 1 is 1.30 bits per heavy atom. The van der Waals surface area contributed by atoms with Crippen LogP contribution in [0.2, 0.25) is 0 Å². The highest BCUT2D eigenvalue weighted by Crippen LogP contribution is 2.28. The third kappa shape index (κ3) is 4.55. The number of rotatable bonds is 5. The Morgan fingerprint density at radius 2 is 2.10 bits per heavy atom. The van der Waals surface area contributed by atoms with E-state index in [1.54, 1.807) is 11.3 Å². The molecule has 1 atom stereocenters. The molecule has 6 nitrogen and oxygen atoms in total. The monoisotopic (exact) mass is 421 g/mol. The lowest BCUT2D eigenvalue weighted by molar-refractivity contribution is -0.117. The van der Waals surface area contributed by atoms with Gasteiger partial charge in [0.05, 0.1) is 11.7 Å². The van der Waals surface area contributed by atoms with Gasteiger partial charge < -0.3 is 15.5 Å². The maximum atomic E-state index is 12.6. The lowest BCUT2D eigenvalue weighted by Crippen LogP contribution is -2.28. The summed E-state index contributed by atoms with van der Waals surface area (Å²) in [5, 5.41) is 16.2. The Bertz CT molecular complexity index is 1020. The van der Waals surface area contributed by atoms with Crippen molar-refractivity contribution in [2.24, 2.45) is 0 Å². The number of nitriles is 1. The van der Waals surface area contributed by atoms with Crippen LogP contribution in [0.1, 0.15) is 53.1 Å². The van der Waals surface area contributed by atoms with Crippen LogP contribution < -0.4 is 10.6 Å². The second kappa shape index (κ2) is 8.99. The van der Waals surface area contributed by atoms with Gasteiger partial charge in [-0.15, -0.1) is 11.3 Å². The Morgan fingerprint density at radius 3 is 2.90 bits per heavy atom. The van der Waals surface area contributed by atoms with Gasteiger partial charge in [-0.1, -0.05) is 18.2 Å². The number of thiazole rings is 1. The van der Waals surface area contributed by atoms with Crippen LogP contribution in [0.25, 0.3) is 0 Å². The van der Waals surface area contributed by atoms with Crippen LogP contribution in [0.5, 0.6) is 0 Å². The van der Waals surface area contributed by atoms with Crippen molar-refractivity contribution in [3.8, 4) is 6.07 Å². The summed E-state index contributed by atoms with van der Waals surface area (Å²) in [5.74, 6) is -0.378. The molecule has 0 fully saturated rings. The van der Waals surface area contributed by atoms with Crippen molar-refractivity contribution < 1.29 is 4.79 Å². The summed E-state index contributed by atoms with van der Waals surface area (Å²) >= 11 is 1.58. The molecule has 2 heterocycles. The van der Waals surface area contributed by atoms with E-state index in [9.17, 15) is 10.1 Å². The maximum Gasteiger partial charge on any atom is 0.263 e. The summed E-state index contributed by atoms with van der Waals surface area (Å²) in [6.45, 7) is 3.84. The normalized spacial score (nSPS) is 17.4. The number of benzene rings is 1. The molecule has 1 aliphatic carbocycles. The summed E-state index contributed by atoms with van der Waals surface area (Å²) in [6, 6.07) is 8.30. The number of carbonyl (C=O) groups is 1. The SMILES string of the molecule is CC(NC(=O)/C(C#N)=C\Nc1nc2c(s1)CN(C)CC2)c1ccc2c(c1)CCCC2. The zero-order valence-electron chi connectivity index (χ0n) is 17.5. The van der Waals surface area contributed by atoms with Crippen LogP contribution >= 0.6 is 11.3 Å². The number of carbonyl (C=O) groups excluding carboxylic acids is 1. The Balaban J connectivity index is 1.41. The second-order valence-electron chi connectivity index (χ2n) is 8.12. The first-order valence-electron chi connectivity index (χ1n) is 10.5. The van der Waals surface area contributed by atoms with Crippen molar-refractivity contribution in [1.82, 2.24) is 15.2 Å². The quantitative estimate of drug-likeness (QED) is 0.568. The minimum absolute atomic E-state index is 0.0464. The standard InChI is InChI=1S/C23H27N5OS/c1-15(17-8-7-16-5-3-4-6-18(16)11-17)26-22(29)19(12-24)13-25-23-27-20-9-10-28(2)14-21(20)30-23/h7-8,11,13,15H,3-6,9-10,14H2,1-2H3,(H,25,27)(H,26,29)/b19-13-. The fourth-order valence-corrected chi connectivity index (χ4v) is 5.11. The molecule has 2 N–H and O–H groups in total. The zero-order valence-corrected chi connectivity index (χ0v) is 18.3. The molecular weight excluding hydrogens is 394 g/mol. The highest BCUT2D eigenvalue weighted by molar-refractivity contribution is 7.15. The largest absolute Gasteiger partial charge is 0.345 e. The average molecular weight is 422 g/mol. The van der Waals surface area contributed by atoms with Crippen LogP contribution in [-0.4, -0.2) is 29.4 Å². The van der Waals surface area contributed by atoms with Gasteiger partial charge in [-0.3, -0.25) is 4.79 Å². The molecule has 1 amide bonds. The van der Waals surface area contributed by atoms with Crippen molar-refractivity contribution in [3.05, 3.63) is 57.2 Å². The number of aryl methyl sites for hydroxylation is 2. The predicted octanol–water partition coefficient (Wildman–Crippen LogP) is 3.71. The first-order valence-corrected chi connectivity index (χ1v) is 11.3. The summed E-state index contributed by atoms with van der Waals surface area (Å²) < 4.78 is 0. The van der Waals surface area contributed by atoms with E-state index in [2.05, 4.69) is 45.8 Å². The molecule has 0 bridgehead atoms. The highest BCUT2D eigenvalue weighted by atomic mass is 32.1. The van der Waals surface area contributed by atoms with Crippen LogP contribution in [0.3, 0.4) is 0 Å². The highest BCUT2D eigenvalue weighted by Gasteiger charge is 2.19. The first-order chi connectivity index (χ1) is 14.5. The number of nitrogens with zero attached hydrogens (tertiary/aromatic N) is 3. The third-order valence-corrected chi connectivity index (χ3v) is 6.86. The number of hydrogen-bond acceptors (Lipinski definition) is 6. The number of amides is 1. The summed E-state index contributed by atoms with van der Waals surface area (Å²) in [7, 11) is 2.09. The third-order valence-electron chi connectivity index (χ3n) is 5.85. The molecule has 1 aromatic carbocycles. The molecule has 4 rings (SSSR count). The smallest absolute Gasteiger partial charge is 0.263 e. The van der Waals surface area contributed by atoms with E-state index in [-0.39, 0.29) is 17.5 Å². The number of anilines is 1. The molecule has 0 spiro atoms. The number of nitrogens with one attached hydrogen (secondary N) is 2. The molecule has 30 heavy (non-hydrogen) atoms. The zero-order chi connectivity index (χ0) is 21.1. The van der Waals surface area contributed by atoms with Gasteiger partial charge in [-0.05, 0) is 56.3 Å². The van der Waals surface area contributed by atoms with Gasteiger partial charge in [0.15, 0.2) is 5.13 Å². The van der Waals surface area contributed by atoms with Gasteiger partial charge in [0.25, 0.3) is 5.91 Å². The fourth-order valence-electron chi connectivity index (χ4n) is 4.05. The molecule has 1 unspecified atom stereocenters. The van der Waals surface area contributed by atoms with Crippen molar-refractivity contribution in [3.63, 3.8) is 0 Å². The predicted molar refractivity (Wildman–Crippen MR) is 119 cm³/mol. The van der Waals surface area contributed by atoms with E-state index in [1.165, 1.54) is 35.0 Å². The summed E-state index contributed by atoms with van der Waals surface area (Å²) in [4.78, 5) is 20.7. The van der Waals surface area contributed by atoms with E-state index in [4.69, 9.17) is 0 Å². The molecule has 2 aromatic rings. The maximum absolute atomic E-state index is 12.6. The lowest BCUT2D eigenvalue weighted by Gasteiger charge is -2.20. The van der Waals surface area contributed by atoms with Gasteiger partial charge in [0.2, 0.25) is 0 Å². The van der Waals surface area contributed by atoms with Crippen LogP contribution in [0.4, 0.5) is 5.13 Å². The Labute approximate surface area is 181 Å². The van der Waals surface area contributed by atoms with Crippen molar-refractivity contribution in [2.75, 3.05) is 18.9 Å². The van der Waals surface area contributed by atoms with E-state index >= 15 is 0 Å². The van der Waals surface area contributed by atoms with Gasteiger partial charge in [0.1, 0.15) is 11.6 Å². The number of hydrogen-bond donors (Lipinski definition) is 2. The van der Waals surface area contributed by atoms with Crippen molar-refractivity contribution in [1.29, 1.82) is 5.26 Å². The topological polar surface area (TPSA) is 81.0 Å². The van der Waals surface area contributed by atoms with Crippen LogP contribution in [-0.2, 0) is 30.6 Å². The molecule has 1 aromatic heterocycles. The van der Waals surface area contributed by atoms with Gasteiger partial charge in [0, 0.05) is 30.6 Å². The molecule has 0 radical (unpaired) electrons. The van der Waals surface area contributed by atoms with Gasteiger partial charge in [-0.25, -0.2) is 4.98 Å². The number of likely N-dealkylation sites (N-methyl/N-ethyl adjacent to an activating group) is 1. The molecule has 0 saturated heterocycles. The van der Waals surface area contributed by atoms with Crippen LogP contribution in [0, 0.1) is 11.3 Å². The number of aromatic nitrogens is 1. The minimum atomic E-state index is -0.378. The van der Waals surface area contributed by atoms with Crippen molar-refractivity contribution >= 4 is 22.4 Å². The molecule has 156 valence electrons. The second-order valence-corrected chi connectivity index (χ2v) is 9.20. The Hall–Kier alpha value is -2.69. The average Bonchev–Trinajstić information content (AvgIpc) is 3.15. The van der Waals surface area contributed by atoms with Gasteiger partial charge in [-0.2, -0.15) is 5.26 Å². The summed E-state index contributed by atoms with van der Waals surface area (Å²) in [6.07, 6.45) is 7.10. The molecule has 0 saturated carbocycles. The van der Waals surface area contributed by atoms with Gasteiger partial charge >= 0.3 is 0 Å². The summed E-state index contributed by atoms with van der Waals surface area (Å²) in [5.41, 5.74) is 5.03. The fraction of sp³-hybridized carbons (Fsp3) is 0.435. The van der Waals surface area contributed by atoms with E-state index in [0.29, 0.717) is 0 Å². The van der Waals surface area contributed by atoms with Crippen LogP contribution in [0.15, 0.2) is 30.0 Å². The van der Waals surface area contributed by atoms with E-state index < -0.39 is 0 Å². The minimum Gasteiger partial charge on any atom is -0.345 e. The molecule has 2 aliphatic rings. The van der Waals surface area contributed by atoms with Crippen molar-refractivity contribution in [2.45, 2.75) is 51.6 Å². The molecular formula is C23H27N5OS. The number of fused-ring (bicyclic) bond motifs is 2.